The predicted molar refractivity (Wildman–Crippen MR) is 95.9 cm³/mol. The van der Waals surface area contributed by atoms with Crippen molar-refractivity contribution in [3.05, 3.63) is 0 Å². The third-order valence-electron chi connectivity index (χ3n) is 5.04. The highest BCUT2D eigenvalue weighted by atomic mass is 16.7. The summed E-state index contributed by atoms with van der Waals surface area (Å²) in [7, 11) is 3.58. The van der Waals surface area contributed by atoms with Gasteiger partial charge in [0.2, 0.25) is 0 Å². The third kappa shape index (κ3) is 9.04. The molecule has 0 aromatic heterocycles. The predicted octanol–water partition coefficient (Wildman–Crippen LogP) is 4.23. The molecule has 0 aromatic rings. The molecule has 0 radical (unpaired) electrons. The van der Waals surface area contributed by atoms with Crippen LogP contribution in [0.1, 0.15) is 71.1 Å². The molecule has 0 spiro atoms. The molecule has 0 amide bonds. The van der Waals surface area contributed by atoms with Gasteiger partial charge in [0.15, 0.2) is 5.79 Å². The van der Waals surface area contributed by atoms with Gasteiger partial charge in [-0.2, -0.15) is 0 Å². The number of methoxy groups -OCH3 is 2. The van der Waals surface area contributed by atoms with Crippen LogP contribution in [0.5, 0.6) is 0 Å². The molecule has 0 saturated carbocycles. The minimum absolute atomic E-state index is 0.379. The van der Waals surface area contributed by atoms with E-state index in [1.54, 1.807) is 14.2 Å². The first-order chi connectivity index (χ1) is 11.3. The molecule has 1 aliphatic rings. The monoisotopic (exact) mass is 329 g/mol. The molecule has 0 unspecified atom stereocenters. The lowest BCUT2D eigenvalue weighted by molar-refractivity contribution is -0.216. The van der Waals surface area contributed by atoms with E-state index in [1.165, 1.54) is 44.9 Å². The zero-order chi connectivity index (χ0) is 16.8. The Balaban J connectivity index is 2.16. The van der Waals surface area contributed by atoms with Crippen LogP contribution in [-0.2, 0) is 14.2 Å². The van der Waals surface area contributed by atoms with Crippen molar-refractivity contribution >= 4 is 0 Å². The van der Waals surface area contributed by atoms with Gasteiger partial charge in [-0.1, -0.05) is 45.4 Å². The molecule has 0 atom stereocenters. The second-order valence-corrected chi connectivity index (χ2v) is 6.75. The number of unbranched alkanes of at least 4 members (excludes halogenated alkanes) is 6. The molecule has 0 aromatic carbocycles. The molecule has 4 heteroatoms. The van der Waals surface area contributed by atoms with Gasteiger partial charge in [0.25, 0.3) is 0 Å². The van der Waals surface area contributed by atoms with E-state index in [9.17, 15) is 0 Å². The topological polar surface area (TPSA) is 30.9 Å². The Labute approximate surface area is 143 Å². The highest BCUT2D eigenvalue weighted by molar-refractivity contribution is 4.72. The molecular weight excluding hydrogens is 290 g/mol. The molecule has 1 aliphatic heterocycles. The van der Waals surface area contributed by atoms with E-state index in [-0.39, 0.29) is 5.79 Å². The molecule has 0 bridgehead atoms. The summed E-state index contributed by atoms with van der Waals surface area (Å²) < 4.78 is 16.9. The van der Waals surface area contributed by atoms with Gasteiger partial charge in [-0.3, -0.25) is 4.90 Å². The van der Waals surface area contributed by atoms with E-state index >= 15 is 0 Å². The van der Waals surface area contributed by atoms with E-state index in [0.29, 0.717) is 0 Å². The Morgan fingerprint density at radius 3 is 2.00 bits per heavy atom. The Morgan fingerprint density at radius 1 is 0.826 bits per heavy atom. The maximum absolute atomic E-state index is 5.76. The quantitative estimate of drug-likeness (QED) is 0.352. The zero-order valence-electron chi connectivity index (χ0n) is 15.8. The normalized spacial score (nSPS) is 16.8. The first kappa shape index (κ1) is 20.9. The lowest BCUT2D eigenvalue weighted by atomic mass is 10.0. The molecule has 138 valence electrons. The van der Waals surface area contributed by atoms with Crippen LogP contribution in [0.15, 0.2) is 0 Å². The van der Waals surface area contributed by atoms with E-state index in [2.05, 4.69) is 11.8 Å². The summed E-state index contributed by atoms with van der Waals surface area (Å²) in [5.74, 6) is -0.379. The lowest BCUT2D eigenvalue weighted by Gasteiger charge is -2.33. The van der Waals surface area contributed by atoms with Crippen LogP contribution in [0, 0.1) is 0 Å². The maximum Gasteiger partial charge on any atom is 0.167 e. The van der Waals surface area contributed by atoms with E-state index in [4.69, 9.17) is 14.2 Å². The summed E-state index contributed by atoms with van der Waals surface area (Å²) in [5.41, 5.74) is 0. The minimum Gasteiger partial charge on any atom is -0.379 e. The Kier molecular flexibility index (Phi) is 12.0. The second-order valence-electron chi connectivity index (χ2n) is 6.75. The van der Waals surface area contributed by atoms with Crippen molar-refractivity contribution in [1.82, 2.24) is 4.90 Å². The average Bonchev–Trinajstić information content (AvgIpc) is 2.60. The van der Waals surface area contributed by atoms with Crippen molar-refractivity contribution in [1.29, 1.82) is 0 Å². The summed E-state index contributed by atoms with van der Waals surface area (Å²) in [6.45, 7) is 7.25. The zero-order valence-corrected chi connectivity index (χ0v) is 15.8. The summed E-state index contributed by atoms with van der Waals surface area (Å²) in [6.07, 6.45) is 12.4. The molecule has 4 nitrogen and oxygen atoms in total. The molecule has 23 heavy (non-hydrogen) atoms. The molecular formula is C19H39NO3. The number of nitrogens with zero attached hydrogens (tertiary/aromatic N) is 1. The minimum atomic E-state index is -0.379. The number of hydrogen-bond acceptors (Lipinski definition) is 4. The van der Waals surface area contributed by atoms with Gasteiger partial charge in [-0.15, -0.1) is 0 Å². The standard InChI is InChI=1S/C19H39NO3/c1-4-5-6-7-8-9-10-12-19(21-2,22-3)13-11-14-20-15-17-23-18-16-20/h4-18H2,1-3H3. The first-order valence-corrected chi connectivity index (χ1v) is 9.66. The molecule has 1 fully saturated rings. The molecule has 1 heterocycles. The number of ether oxygens (including phenoxy) is 3. The Bertz CT molecular complexity index is 263. The average molecular weight is 330 g/mol. The Morgan fingerprint density at radius 2 is 1.39 bits per heavy atom. The maximum atomic E-state index is 5.76. The van der Waals surface area contributed by atoms with Gasteiger partial charge in [0, 0.05) is 40.2 Å². The van der Waals surface area contributed by atoms with Crippen LogP contribution in [0.2, 0.25) is 0 Å². The number of morpholine rings is 1. The van der Waals surface area contributed by atoms with Crippen LogP contribution < -0.4 is 0 Å². The second kappa shape index (κ2) is 13.2. The van der Waals surface area contributed by atoms with E-state index < -0.39 is 0 Å². The fraction of sp³-hybridized carbons (Fsp3) is 1.00. The largest absolute Gasteiger partial charge is 0.379 e. The molecule has 0 N–H and O–H groups in total. The van der Waals surface area contributed by atoms with Crippen LogP contribution in [0.3, 0.4) is 0 Å². The summed E-state index contributed by atoms with van der Waals surface area (Å²) in [4.78, 5) is 2.48. The smallest absolute Gasteiger partial charge is 0.167 e. The molecule has 1 saturated heterocycles. The van der Waals surface area contributed by atoms with Crippen molar-refractivity contribution in [2.24, 2.45) is 0 Å². The highest BCUT2D eigenvalue weighted by Crippen LogP contribution is 2.26. The van der Waals surface area contributed by atoms with Crippen molar-refractivity contribution in [2.45, 2.75) is 76.9 Å². The fourth-order valence-electron chi connectivity index (χ4n) is 3.36. The van der Waals surface area contributed by atoms with Crippen molar-refractivity contribution in [3.8, 4) is 0 Å². The Hall–Kier alpha value is -0.160. The van der Waals surface area contributed by atoms with E-state index in [0.717, 1.165) is 52.1 Å². The SMILES string of the molecule is CCCCCCCCCC(CCCN1CCOCC1)(OC)OC. The van der Waals surface area contributed by atoms with Crippen molar-refractivity contribution in [2.75, 3.05) is 47.1 Å². The number of hydrogen-bond donors (Lipinski definition) is 0. The van der Waals surface area contributed by atoms with Gasteiger partial charge in [0.05, 0.1) is 13.2 Å². The van der Waals surface area contributed by atoms with Crippen LogP contribution in [-0.4, -0.2) is 57.8 Å². The summed E-state index contributed by atoms with van der Waals surface area (Å²) >= 11 is 0. The summed E-state index contributed by atoms with van der Waals surface area (Å²) in [5, 5.41) is 0. The van der Waals surface area contributed by atoms with Crippen LogP contribution in [0.4, 0.5) is 0 Å². The van der Waals surface area contributed by atoms with Crippen LogP contribution in [0.25, 0.3) is 0 Å². The molecule has 0 aliphatic carbocycles. The van der Waals surface area contributed by atoms with E-state index in [1.807, 2.05) is 0 Å². The van der Waals surface area contributed by atoms with Crippen molar-refractivity contribution in [3.63, 3.8) is 0 Å². The van der Waals surface area contributed by atoms with Gasteiger partial charge in [-0.05, 0) is 19.4 Å². The third-order valence-corrected chi connectivity index (χ3v) is 5.04. The number of rotatable bonds is 14. The first-order valence-electron chi connectivity index (χ1n) is 9.66. The highest BCUT2D eigenvalue weighted by Gasteiger charge is 2.28. The van der Waals surface area contributed by atoms with Gasteiger partial charge in [0.1, 0.15) is 0 Å². The van der Waals surface area contributed by atoms with Crippen LogP contribution >= 0.6 is 0 Å². The fourth-order valence-corrected chi connectivity index (χ4v) is 3.36. The van der Waals surface area contributed by atoms with Gasteiger partial charge < -0.3 is 14.2 Å². The summed E-state index contributed by atoms with van der Waals surface area (Å²) in [6, 6.07) is 0. The molecule has 1 rings (SSSR count). The van der Waals surface area contributed by atoms with Gasteiger partial charge in [-0.25, -0.2) is 0 Å². The van der Waals surface area contributed by atoms with Crippen molar-refractivity contribution < 1.29 is 14.2 Å². The van der Waals surface area contributed by atoms with Gasteiger partial charge >= 0.3 is 0 Å². The lowest BCUT2D eigenvalue weighted by Crippen LogP contribution is -2.39.